The van der Waals surface area contributed by atoms with Crippen molar-refractivity contribution < 1.29 is 9.53 Å². The van der Waals surface area contributed by atoms with E-state index in [1.807, 2.05) is 13.8 Å². The maximum absolute atomic E-state index is 11.4. The molecule has 0 aromatic carbocycles. The normalized spacial score (nSPS) is 29.9. The molecule has 1 aliphatic heterocycles. The summed E-state index contributed by atoms with van der Waals surface area (Å²) in [4.78, 5) is 15.3. The van der Waals surface area contributed by atoms with Gasteiger partial charge in [-0.25, -0.2) is 0 Å². The molecule has 1 unspecified atom stereocenters. The van der Waals surface area contributed by atoms with Crippen molar-refractivity contribution in [1.82, 2.24) is 0 Å². The Labute approximate surface area is 72.8 Å². The lowest BCUT2D eigenvalue weighted by Gasteiger charge is -2.27. The molecular weight excluding hydrogens is 154 g/mol. The summed E-state index contributed by atoms with van der Waals surface area (Å²) >= 11 is 0. The molecule has 1 rings (SSSR count). The van der Waals surface area contributed by atoms with Crippen molar-refractivity contribution in [2.45, 2.75) is 33.1 Å². The zero-order valence-electron chi connectivity index (χ0n) is 7.89. The van der Waals surface area contributed by atoms with E-state index < -0.39 is 0 Å². The molecule has 0 saturated carbocycles. The van der Waals surface area contributed by atoms with E-state index in [9.17, 15) is 4.79 Å². The van der Waals surface area contributed by atoms with Gasteiger partial charge < -0.3 is 4.74 Å². The highest BCUT2D eigenvalue weighted by molar-refractivity contribution is 5.96. The number of methoxy groups -OCH3 is 1. The summed E-state index contributed by atoms with van der Waals surface area (Å²) in [5, 5.41) is 0. The van der Waals surface area contributed by atoms with Gasteiger partial charge in [-0.05, 0) is 12.8 Å². The van der Waals surface area contributed by atoms with Crippen LogP contribution in [0.4, 0.5) is 0 Å². The van der Waals surface area contributed by atoms with Crippen LogP contribution in [0, 0.1) is 5.41 Å². The smallest absolute Gasteiger partial charge is 0.254 e. The van der Waals surface area contributed by atoms with Gasteiger partial charge in [0.1, 0.15) is 0 Å². The Balaban J connectivity index is 2.80. The molecule has 0 bridgehead atoms. The van der Waals surface area contributed by atoms with Gasteiger partial charge in [0.2, 0.25) is 0 Å². The van der Waals surface area contributed by atoms with E-state index in [0.717, 1.165) is 19.3 Å². The Bertz CT molecular complexity index is 223. The van der Waals surface area contributed by atoms with E-state index in [0.29, 0.717) is 5.90 Å². The Kier molecular flexibility index (Phi) is 2.50. The molecule has 1 aliphatic rings. The summed E-state index contributed by atoms with van der Waals surface area (Å²) in [7, 11) is 1.56. The van der Waals surface area contributed by atoms with E-state index in [2.05, 4.69) is 4.99 Å². The van der Waals surface area contributed by atoms with Crippen LogP contribution in [-0.2, 0) is 9.53 Å². The predicted molar refractivity (Wildman–Crippen MR) is 47.1 cm³/mol. The van der Waals surface area contributed by atoms with Crippen LogP contribution in [0.15, 0.2) is 4.99 Å². The second kappa shape index (κ2) is 3.25. The average Bonchev–Trinajstić information content (AvgIpc) is 2.10. The van der Waals surface area contributed by atoms with Crippen molar-refractivity contribution in [2.24, 2.45) is 10.4 Å². The molecule has 12 heavy (non-hydrogen) atoms. The molecule has 0 radical (unpaired) electrons. The van der Waals surface area contributed by atoms with Crippen molar-refractivity contribution in [3.8, 4) is 0 Å². The van der Waals surface area contributed by atoms with E-state index in [1.54, 1.807) is 7.11 Å². The lowest BCUT2D eigenvalue weighted by molar-refractivity contribution is -0.127. The van der Waals surface area contributed by atoms with E-state index in [4.69, 9.17) is 4.74 Å². The number of carbonyl (C=O) groups is 1. The highest BCUT2D eigenvalue weighted by Gasteiger charge is 2.34. The fourth-order valence-corrected chi connectivity index (χ4v) is 1.27. The molecule has 0 aliphatic carbocycles. The van der Waals surface area contributed by atoms with Gasteiger partial charge >= 0.3 is 0 Å². The predicted octanol–water partition coefficient (Wildman–Crippen LogP) is 1.77. The number of ether oxygens (including phenoxy) is 1. The number of hydrogen-bond acceptors (Lipinski definition) is 2. The van der Waals surface area contributed by atoms with Crippen LogP contribution >= 0.6 is 0 Å². The van der Waals surface area contributed by atoms with Gasteiger partial charge in [-0.2, -0.15) is 4.99 Å². The third-order valence-electron chi connectivity index (χ3n) is 2.65. The van der Waals surface area contributed by atoms with Crippen LogP contribution in [-0.4, -0.2) is 18.9 Å². The van der Waals surface area contributed by atoms with Gasteiger partial charge in [0.05, 0.1) is 7.11 Å². The first kappa shape index (κ1) is 9.23. The molecule has 0 spiro atoms. The van der Waals surface area contributed by atoms with Gasteiger partial charge in [-0.3, -0.25) is 4.79 Å². The summed E-state index contributed by atoms with van der Waals surface area (Å²) in [5.74, 6) is 0.541. The zero-order valence-corrected chi connectivity index (χ0v) is 7.89. The minimum absolute atomic E-state index is 0.0342. The first-order valence-corrected chi connectivity index (χ1v) is 4.28. The highest BCUT2D eigenvalue weighted by Crippen LogP contribution is 2.32. The van der Waals surface area contributed by atoms with Crippen LogP contribution in [0.1, 0.15) is 33.1 Å². The number of nitrogens with zero attached hydrogens (tertiary/aromatic N) is 1. The maximum Gasteiger partial charge on any atom is 0.254 e. The molecule has 0 aromatic rings. The summed E-state index contributed by atoms with van der Waals surface area (Å²) < 4.78 is 4.93. The first-order valence-electron chi connectivity index (χ1n) is 4.28. The van der Waals surface area contributed by atoms with Gasteiger partial charge in [-0.15, -0.1) is 0 Å². The minimum atomic E-state index is -0.248. The molecule has 1 atom stereocenters. The van der Waals surface area contributed by atoms with Gasteiger partial charge in [0.25, 0.3) is 5.91 Å². The van der Waals surface area contributed by atoms with Crippen LogP contribution in [0.25, 0.3) is 0 Å². The lowest BCUT2D eigenvalue weighted by atomic mass is 9.80. The molecule has 0 fully saturated rings. The summed E-state index contributed by atoms with van der Waals surface area (Å²) in [6.07, 6.45) is 2.49. The lowest BCUT2D eigenvalue weighted by Crippen LogP contribution is -2.31. The molecular formula is C9H15NO2. The Morgan fingerprint density at radius 2 is 2.33 bits per heavy atom. The number of amides is 1. The largest absolute Gasteiger partial charge is 0.484 e. The van der Waals surface area contributed by atoms with Gasteiger partial charge in [-0.1, -0.05) is 13.8 Å². The Morgan fingerprint density at radius 3 is 2.75 bits per heavy atom. The number of carbonyl (C=O) groups excluding carboxylic acids is 1. The quantitative estimate of drug-likeness (QED) is 0.600. The van der Waals surface area contributed by atoms with Crippen LogP contribution in [0.2, 0.25) is 0 Å². The SMILES string of the molecule is CCC1(C)CCC(OC)=NC1=O. The second-order valence-electron chi connectivity index (χ2n) is 3.43. The molecule has 0 N–H and O–H groups in total. The van der Waals surface area contributed by atoms with E-state index in [1.165, 1.54) is 0 Å². The molecule has 0 saturated heterocycles. The van der Waals surface area contributed by atoms with Crippen molar-refractivity contribution in [1.29, 1.82) is 0 Å². The topological polar surface area (TPSA) is 38.7 Å². The number of aliphatic imine (C=N–C) groups is 1. The van der Waals surface area contributed by atoms with E-state index in [-0.39, 0.29) is 11.3 Å². The Morgan fingerprint density at radius 1 is 1.67 bits per heavy atom. The third kappa shape index (κ3) is 1.49. The van der Waals surface area contributed by atoms with Crippen molar-refractivity contribution in [3.05, 3.63) is 0 Å². The fourth-order valence-electron chi connectivity index (χ4n) is 1.27. The Hall–Kier alpha value is -0.860. The van der Waals surface area contributed by atoms with E-state index >= 15 is 0 Å². The van der Waals surface area contributed by atoms with Gasteiger partial charge in [0.15, 0.2) is 5.90 Å². The third-order valence-corrected chi connectivity index (χ3v) is 2.65. The summed E-state index contributed by atoms with van der Waals surface area (Å²) in [6.45, 7) is 3.98. The first-order chi connectivity index (χ1) is 5.62. The number of rotatable bonds is 1. The zero-order chi connectivity index (χ0) is 9.19. The van der Waals surface area contributed by atoms with Crippen molar-refractivity contribution in [3.63, 3.8) is 0 Å². The summed E-state index contributed by atoms with van der Waals surface area (Å²) in [5.41, 5.74) is -0.248. The van der Waals surface area contributed by atoms with Crippen LogP contribution in [0.5, 0.6) is 0 Å². The number of hydrogen-bond donors (Lipinski definition) is 0. The molecule has 68 valence electrons. The monoisotopic (exact) mass is 169 g/mol. The molecule has 1 heterocycles. The average molecular weight is 169 g/mol. The van der Waals surface area contributed by atoms with Crippen molar-refractivity contribution >= 4 is 11.8 Å². The highest BCUT2D eigenvalue weighted by atomic mass is 16.5. The standard InChI is InChI=1S/C9H15NO2/c1-4-9(2)6-5-7(12-3)10-8(9)11/h4-6H2,1-3H3. The fraction of sp³-hybridized carbons (Fsp3) is 0.778. The molecule has 3 heteroatoms. The summed E-state index contributed by atoms with van der Waals surface area (Å²) in [6, 6.07) is 0. The molecule has 1 amide bonds. The van der Waals surface area contributed by atoms with Crippen LogP contribution < -0.4 is 0 Å². The maximum atomic E-state index is 11.4. The molecule has 0 aromatic heterocycles. The molecule has 3 nitrogen and oxygen atoms in total. The minimum Gasteiger partial charge on any atom is -0.484 e. The van der Waals surface area contributed by atoms with Gasteiger partial charge in [0, 0.05) is 11.8 Å². The van der Waals surface area contributed by atoms with Crippen molar-refractivity contribution in [2.75, 3.05) is 7.11 Å². The second-order valence-corrected chi connectivity index (χ2v) is 3.43. The van der Waals surface area contributed by atoms with Crippen LogP contribution in [0.3, 0.4) is 0 Å².